The second-order valence-electron chi connectivity index (χ2n) is 7.72. The highest BCUT2D eigenvalue weighted by molar-refractivity contribution is 7.14. The maximum absolute atomic E-state index is 13.2. The lowest BCUT2D eigenvalue weighted by molar-refractivity contribution is -0.123. The molecule has 1 aliphatic heterocycles. The molecule has 0 bridgehead atoms. The first-order chi connectivity index (χ1) is 16.7. The van der Waals surface area contributed by atoms with Gasteiger partial charge in [0.1, 0.15) is 11.3 Å². The van der Waals surface area contributed by atoms with Crippen LogP contribution in [0.3, 0.4) is 0 Å². The molecule has 1 aliphatic rings. The molecule has 1 aromatic carbocycles. The molecule has 1 atom stereocenters. The maximum Gasteiger partial charge on any atom is 0.270 e. The van der Waals surface area contributed by atoms with Crippen molar-refractivity contribution in [2.75, 3.05) is 37.8 Å². The molecule has 1 saturated heterocycles. The van der Waals surface area contributed by atoms with Crippen molar-refractivity contribution in [2.45, 2.75) is 12.5 Å². The predicted molar refractivity (Wildman–Crippen MR) is 132 cm³/mol. The first kappa shape index (κ1) is 22.7. The fourth-order valence-electron chi connectivity index (χ4n) is 3.61. The molecule has 0 aliphatic carbocycles. The van der Waals surface area contributed by atoms with E-state index in [1.54, 1.807) is 11.0 Å². The zero-order valence-electron chi connectivity index (χ0n) is 18.3. The van der Waals surface area contributed by atoms with E-state index < -0.39 is 0 Å². The molecule has 176 valence electrons. The van der Waals surface area contributed by atoms with Crippen LogP contribution in [0.5, 0.6) is 0 Å². The third-order valence-corrected chi connectivity index (χ3v) is 7.07. The number of fused-ring (bicyclic) bond motifs is 1. The van der Waals surface area contributed by atoms with Crippen molar-refractivity contribution in [2.24, 2.45) is 0 Å². The van der Waals surface area contributed by atoms with Gasteiger partial charge >= 0.3 is 0 Å². The summed E-state index contributed by atoms with van der Waals surface area (Å²) in [7, 11) is 0. The number of aromatic nitrogens is 1. The van der Waals surface area contributed by atoms with E-state index in [-0.39, 0.29) is 30.9 Å². The van der Waals surface area contributed by atoms with Crippen LogP contribution in [0, 0.1) is 0 Å². The van der Waals surface area contributed by atoms with E-state index in [9.17, 15) is 9.59 Å². The van der Waals surface area contributed by atoms with Gasteiger partial charge in [-0.1, -0.05) is 24.3 Å². The summed E-state index contributed by atoms with van der Waals surface area (Å²) in [5, 5.41) is 8.09. The standard InChI is InChI=1S/C24H23N3O5S2/c28-22(25-13-17-14-30-9-10-31-17)7-8-27(23(29)21-6-3-11-33-21)24-26-18(15-34-24)20-12-16-4-1-2-5-19(16)32-20/h1-6,11-12,15,17H,7-10,13-14H2,(H,25,28). The topological polar surface area (TPSA) is 93.9 Å². The Bertz CT molecular complexity index is 1230. The molecule has 1 fully saturated rings. The van der Waals surface area contributed by atoms with Crippen LogP contribution < -0.4 is 10.2 Å². The van der Waals surface area contributed by atoms with Crippen LogP contribution in [0.4, 0.5) is 5.13 Å². The van der Waals surface area contributed by atoms with Gasteiger partial charge in [0.2, 0.25) is 5.91 Å². The van der Waals surface area contributed by atoms with E-state index in [4.69, 9.17) is 13.9 Å². The average molecular weight is 498 g/mol. The van der Waals surface area contributed by atoms with Crippen molar-refractivity contribution < 1.29 is 23.5 Å². The Morgan fingerprint density at radius 2 is 2.06 bits per heavy atom. The summed E-state index contributed by atoms with van der Waals surface area (Å²) in [5.74, 6) is 0.296. The number of amides is 2. The second kappa shape index (κ2) is 10.5. The van der Waals surface area contributed by atoms with Gasteiger partial charge in [0.15, 0.2) is 10.9 Å². The summed E-state index contributed by atoms with van der Waals surface area (Å²) in [6.07, 6.45) is -0.00331. The number of carbonyl (C=O) groups excluding carboxylic acids is 2. The minimum atomic E-state index is -0.183. The molecule has 0 saturated carbocycles. The summed E-state index contributed by atoms with van der Waals surface area (Å²) in [6, 6.07) is 13.3. The van der Waals surface area contributed by atoms with Crippen LogP contribution in [0.2, 0.25) is 0 Å². The molecule has 3 aromatic heterocycles. The van der Waals surface area contributed by atoms with Gasteiger partial charge < -0.3 is 19.2 Å². The van der Waals surface area contributed by atoms with Crippen LogP contribution in [-0.2, 0) is 14.3 Å². The summed E-state index contributed by atoms with van der Waals surface area (Å²) in [4.78, 5) is 32.5. The molecule has 1 unspecified atom stereocenters. The first-order valence-corrected chi connectivity index (χ1v) is 12.7. The number of para-hydroxylation sites is 1. The van der Waals surface area contributed by atoms with Gasteiger partial charge in [0, 0.05) is 30.3 Å². The molecule has 8 nitrogen and oxygen atoms in total. The van der Waals surface area contributed by atoms with Crippen LogP contribution in [0.1, 0.15) is 16.1 Å². The lowest BCUT2D eigenvalue weighted by atomic mass is 10.2. The zero-order chi connectivity index (χ0) is 23.3. The summed E-state index contributed by atoms with van der Waals surface area (Å²) in [5.41, 5.74) is 1.43. The Kier molecular flexibility index (Phi) is 7.00. The molecule has 4 heterocycles. The van der Waals surface area contributed by atoms with Crippen molar-refractivity contribution in [3.63, 3.8) is 0 Å². The van der Waals surface area contributed by atoms with E-state index in [0.717, 1.165) is 11.0 Å². The summed E-state index contributed by atoms with van der Waals surface area (Å²) in [6.45, 7) is 2.16. The molecule has 34 heavy (non-hydrogen) atoms. The Morgan fingerprint density at radius 1 is 1.15 bits per heavy atom. The quantitative estimate of drug-likeness (QED) is 0.392. The minimum Gasteiger partial charge on any atom is -0.454 e. The molecule has 0 radical (unpaired) electrons. The number of anilines is 1. The highest BCUT2D eigenvalue weighted by Crippen LogP contribution is 2.32. The number of hydrogen-bond acceptors (Lipinski definition) is 8. The second-order valence-corrected chi connectivity index (χ2v) is 9.50. The van der Waals surface area contributed by atoms with E-state index in [0.29, 0.717) is 47.8 Å². The Morgan fingerprint density at radius 3 is 2.85 bits per heavy atom. The Labute approximate surface area is 204 Å². The van der Waals surface area contributed by atoms with Crippen molar-refractivity contribution in [1.29, 1.82) is 0 Å². The molecular formula is C24H23N3O5S2. The molecule has 5 rings (SSSR count). The zero-order valence-corrected chi connectivity index (χ0v) is 19.9. The van der Waals surface area contributed by atoms with Crippen molar-refractivity contribution in [3.8, 4) is 11.5 Å². The number of thiophene rings is 1. The number of hydrogen-bond donors (Lipinski definition) is 1. The lowest BCUT2D eigenvalue weighted by Gasteiger charge is -2.23. The number of nitrogens with one attached hydrogen (secondary N) is 1. The fourth-order valence-corrected chi connectivity index (χ4v) is 5.12. The third-order valence-electron chi connectivity index (χ3n) is 5.35. The SMILES string of the molecule is O=C(CCN(C(=O)c1cccs1)c1nc(-c2cc3ccccc3o2)cs1)NCC1COCCO1. The van der Waals surface area contributed by atoms with Gasteiger partial charge in [-0.3, -0.25) is 14.5 Å². The monoisotopic (exact) mass is 497 g/mol. The Balaban J connectivity index is 1.30. The third kappa shape index (κ3) is 5.20. The highest BCUT2D eigenvalue weighted by Gasteiger charge is 2.24. The smallest absolute Gasteiger partial charge is 0.270 e. The van der Waals surface area contributed by atoms with Crippen molar-refractivity contribution in [3.05, 3.63) is 58.1 Å². The van der Waals surface area contributed by atoms with E-state index in [1.165, 1.54) is 22.7 Å². The minimum absolute atomic E-state index is 0.143. The van der Waals surface area contributed by atoms with E-state index >= 15 is 0 Å². The largest absolute Gasteiger partial charge is 0.454 e. The number of thiazole rings is 1. The summed E-state index contributed by atoms with van der Waals surface area (Å²) < 4.78 is 16.8. The lowest BCUT2D eigenvalue weighted by Crippen LogP contribution is -2.41. The van der Waals surface area contributed by atoms with Crippen LogP contribution in [-0.4, -0.2) is 55.8 Å². The number of rotatable bonds is 8. The predicted octanol–water partition coefficient (Wildman–Crippen LogP) is 4.19. The van der Waals surface area contributed by atoms with Crippen molar-refractivity contribution >= 4 is 50.6 Å². The molecule has 4 aromatic rings. The highest BCUT2D eigenvalue weighted by atomic mass is 32.1. The molecule has 2 amide bonds. The first-order valence-electron chi connectivity index (χ1n) is 10.9. The Hall–Kier alpha value is -3.05. The fraction of sp³-hybridized carbons (Fsp3) is 0.292. The maximum atomic E-state index is 13.2. The van der Waals surface area contributed by atoms with Crippen LogP contribution >= 0.6 is 22.7 Å². The molecular weight excluding hydrogens is 474 g/mol. The molecule has 10 heteroatoms. The summed E-state index contributed by atoms with van der Waals surface area (Å²) >= 11 is 2.71. The van der Waals surface area contributed by atoms with E-state index in [1.807, 2.05) is 47.2 Å². The van der Waals surface area contributed by atoms with Gasteiger partial charge in [-0.15, -0.1) is 22.7 Å². The number of benzene rings is 1. The van der Waals surface area contributed by atoms with Gasteiger partial charge in [-0.25, -0.2) is 4.98 Å². The van der Waals surface area contributed by atoms with Crippen LogP contribution in [0.25, 0.3) is 22.4 Å². The average Bonchev–Trinajstić information content (AvgIpc) is 3.64. The van der Waals surface area contributed by atoms with E-state index in [2.05, 4.69) is 10.3 Å². The number of nitrogens with zero attached hydrogens (tertiary/aromatic N) is 2. The van der Waals surface area contributed by atoms with Crippen molar-refractivity contribution in [1.82, 2.24) is 10.3 Å². The number of ether oxygens (including phenoxy) is 2. The number of carbonyl (C=O) groups is 2. The van der Waals surface area contributed by atoms with Gasteiger partial charge in [-0.05, 0) is 23.6 Å². The van der Waals surface area contributed by atoms with Crippen LogP contribution in [0.15, 0.2) is 57.6 Å². The normalized spacial score (nSPS) is 15.9. The molecule has 0 spiro atoms. The number of furan rings is 1. The van der Waals surface area contributed by atoms with Gasteiger partial charge in [0.25, 0.3) is 5.91 Å². The molecule has 1 N–H and O–H groups in total. The van der Waals surface area contributed by atoms with Gasteiger partial charge in [0.05, 0.1) is 30.8 Å². The van der Waals surface area contributed by atoms with Gasteiger partial charge in [-0.2, -0.15) is 0 Å².